The number of nitrogens with one attached hydrogen (secondary N) is 2. The van der Waals surface area contributed by atoms with Gasteiger partial charge in [-0.2, -0.15) is 4.98 Å². The van der Waals surface area contributed by atoms with Crippen molar-refractivity contribution < 1.29 is 5.11 Å². The summed E-state index contributed by atoms with van der Waals surface area (Å²) < 4.78 is 0. The number of nitrogens with zero attached hydrogens (tertiary/aromatic N) is 3. The van der Waals surface area contributed by atoms with Crippen molar-refractivity contribution in [1.82, 2.24) is 15.0 Å². The molecule has 6 nitrogen and oxygen atoms in total. The lowest BCUT2D eigenvalue weighted by Crippen LogP contribution is -2.13. The Morgan fingerprint density at radius 1 is 1.00 bits per heavy atom. The number of phenolic OH excluding ortho intramolecular Hbond substituents is 1. The molecule has 0 spiro atoms. The van der Waals surface area contributed by atoms with E-state index in [0.717, 1.165) is 5.69 Å². The summed E-state index contributed by atoms with van der Waals surface area (Å²) in [6.45, 7) is 4.01. The van der Waals surface area contributed by atoms with Crippen LogP contribution in [0.5, 0.6) is 5.75 Å². The first-order chi connectivity index (χ1) is 12.4. The highest BCUT2D eigenvalue weighted by atomic mass is 35.5. The van der Waals surface area contributed by atoms with E-state index >= 15 is 0 Å². The number of hydrogen-bond donors (Lipinski definition) is 3. The van der Waals surface area contributed by atoms with Crippen LogP contribution in [0.2, 0.25) is 10.0 Å². The molecule has 26 heavy (non-hydrogen) atoms. The highest BCUT2D eigenvalue weighted by Crippen LogP contribution is 2.35. The summed E-state index contributed by atoms with van der Waals surface area (Å²) in [6.07, 6.45) is 1.71. The summed E-state index contributed by atoms with van der Waals surface area (Å²) in [5, 5.41) is 16.3. The van der Waals surface area contributed by atoms with Gasteiger partial charge in [0.2, 0.25) is 5.95 Å². The second kappa shape index (κ2) is 7.76. The Labute approximate surface area is 161 Å². The van der Waals surface area contributed by atoms with Crippen LogP contribution in [0.15, 0.2) is 42.6 Å². The summed E-state index contributed by atoms with van der Waals surface area (Å²) in [5.41, 5.74) is 1.99. The van der Waals surface area contributed by atoms with Crippen LogP contribution in [0.4, 0.5) is 17.5 Å². The maximum atomic E-state index is 9.70. The Hall–Kier alpha value is -2.57. The molecule has 0 aliphatic heterocycles. The molecule has 0 radical (unpaired) electrons. The number of aromatic nitrogens is 3. The molecule has 134 valence electrons. The number of aromatic hydroxyl groups is 1. The molecule has 0 unspecified atom stereocenters. The van der Waals surface area contributed by atoms with E-state index in [-0.39, 0.29) is 21.8 Å². The molecule has 0 bridgehead atoms. The van der Waals surface area contributed by atoms with Crippen LogP contribution in [0.1, 0.15) is 13.8 Å². The van der Waals surface area contributed by atoms with Crippen LogP contribution < -0.4 is 10.6 Å². The number of anilines is 3. The Kier molecular flexibility index (Phi) is 5.44. The van der Waals surface area contributed by atoms with E-state index in [1.807, 2.05) is 32.0 Å². The first-order valence-electron chi connectivity index (χ1n) is 7.94. The highest BCUT2D eigenvalue weighted by Gasteiger charge is 2.11. The number of hydrogen-bond acceptors (Lipinski definition) is 6. The lowest BCUT2D eigenvalue weighted by atomic mass is 10.2. The van der Waals surface area contributed by atoms with Crippen molar-refractivity contribution in [3.05, 3.63) is 52.6 Å². The molecule has 1 aromatic carbocycles. The van der Waals surface area contributed by atoms with Crippen LogP contribution in [-0.4, -0.2) is 26.1 Å². The molecule has 0 saturated heterocycles. The Bertz CT molecular complexity index is 896. The van der Waals surface area contributed by atoms with Crippen molar-refractivity contribution in [2.24, 2.45) is 0 Å². The molecule has 0 aliphatic rings. The third-order valence-electron chi connectivity index (χ3n) is 3.36. The Morgan fingerprint density at radius 3 is 2.35 bits per heavy atom. The van der Waals surface area contributed by atoms with E-state index in [0.29, 0.717) is 23.1 Å². The third-order valence-corrected chi connectivity index (χ3v) is 3.94. The molecule has 3 rings (SSSR count). The summed E-state index contributed by atoms with van der Waals surface area (Å²) in [6, 6.07) is 10.7. The third kappa shape index (κ3) is 4.33. The van der Waals surface area contributed by atoms with Crippen molar-refractivity contribution in [3.8, 4) is 17.1 Å². The molecular formula is C18H17Cl2N5O. The van der Waals surface area contributed by atoms with E-state index < -0.39 is 0 Å². The summed E-state index contributed by atoms with van der Waals surface area (Å²) in [5.74, 6) is 0.862. The zero-order valence-electron chi connectivity index (χ0n) is 14.2. The molecule has 8 heteroatoms. The number of phenols is 1. The number of halogens is 2. The second-order valence-electron chi connectivity index (χ2n) is 5.89. The van der Waals surface area contributed by atoms with Crippen LogP contribution in [0.25, 0.3) is 11.4 Å². The molecule has 0 amide bonds. The predicted octanol–water partition coefficient (Wildman–Crippen LogP) is 5.11. The summed E-state index contributed by atoms with van der Waals surface area (Å²) in [4.78, 5) is 13.3. The quantitative estimate of drug-likeness (QED) is 0.525. The second-order valence-corrected chi connectivity index (χ2v) is 6.70. The molecule has 0 aliphatic carbocycles. The minimum absolute atomic E-state index is 0.152. The average Bonchev–Trinajstić information content (AvgIpc) is 2.59. The van der Waals surface area contributed by atoms with Gasteiger partial charge >= 0.3 is 0 Å². The minimum Gasteiger partial charge on any atom is -0.505 e. The van der Waals surface area contributed by atoms with Gasteiger partial charge in [-0.05, 0) is 38.1 Å². The van der Waals surface area contributed by atoms with Gasteiger partial charge in [0.05, 0.1) is 21.4 Å². The van der Waals surface area contributed by atoms with E-state index in [2.05, 4.69) is 25.6 Å². The van der Waals surface area contributed by atoms with E-state index in [4.69, 9.17) is 23.2 Å². The zero-order valence-corrected chi connectivity index (χ0v) is 15.7. The average molecular weight is 390 g/mol. The molecule has 3 N–H and O–H groups in total. The molecule has 2 aromatic heterocycles. The van der Waals surface area contributed by atoms with E-state index in [1.165, 1.54) is 0 Å². The topological polar surface area (TPSA) is 83.0 Å². The lowest BCUT2D eigenvalue weighted by molar-refractivity contribution is 0.476. The molecule has 2 heterocycles. The monoisotopic (exact) mass is 389 g/mol. The summed E-state index contributed by atoms with van der Waals surface area (Å²) in [7, 11) is 0. The van der Waals surface area contributed by atoms with Crippen LogP contribution in [0, 0.1) is 0 Å². The van der Waals surface area contributed by atoms with Gasteiger partial charge in [0.25, 0.3) is 0 Å². The normalized spacial score (nSPS) is 10.8. The smallest absolute Gasteiger partial charge is 0.225 e. The molecule has 0 atom stereocenters. The van der Waals surface area contributed by atoms with Crippen LogP contribution in [-0.2, 0) is 0 Å². The van der Waals surface area contributed by atoms with Crippen molar-refractivity contribution in [2.45, 2.75) is 19.9 Å². The first kappa shape index (κ1) is 18.2. The van der Waals surface area contributed by atoms with Crippen molar-refractivity contribution in [1.29, 1.82) is 0 Å². The largest absolute Gasteiger partial charge is 0.505 e. The zero-order chi connectivity index (χ0) is 18.7. The van der Waals surface area contributed by atoms with Crippen molar-refractivity contribution >= 4 is 40.7 Å². The maximum absolute atomic E-state index is 9.70. The van der Waals surface area contributed by atoms with Gasteiger partial charge in [-0.25, -0.2) is 4.98 Å². The van der Waals surface area contributed by atoms with Gasteiger partial charge in [-0.3, -0.25) is 4.98 Å². The molecular weight excluding hydrogens is 373 g/mol. The van der Waals surface area contributed by atoms with Gasteiger partial charge in [0.15, 0.2) is 5.75 Å². The van der Waals surface area contributed by atoms with E-state index in [1.54, 1.807) is 24.4 Å². The van der Waals surface area contributed by atoms with Gasteiger partial charge in [0.1, 0.15) is 5.82 Å². The SMILES string of the molecule is CC(C)Nc1nc(Nc2cc(Cl)c(O)c(Cl)c2)cc(-c2ccccn2)n1. The maximum Gasteiger partial charge on any atom is 0.225 e. The predicted molar refractivity (Wildman–Crippen MR) is 105 cm³/mol. The number of benzene rings is 1. The first-order valence-corrected chi connectivity index (χ1v) is 8.70. The van der Waals surface area contributed by atoms with Crippen LogP contribution in [0.3, 0.4) is 0 Å². The highest BCUT2D eigenvalue weighted by molar-refractivity contribution is 6.37. The fraction of sp³-hybridized carbons (Fsp3) is 0.167. The summed E-state index contributed by atoms with van der Waals surface area (Å²) >= 11 is 12.0. The van der Waals surface area contributed by atoms with Gasteiger partial charge in [-0.15, -0.1) is 0 Å². The Balaban J connectivity index is 2.00. The minimum atomic E-state index is -0.155. The molecule has 0 fully saturated rings. The fourth-order valence-electron chi connectivity index (χ4n) is 2.27. The Morgan fingerprint density at radius 2 is 1.73 bits per heavy atom. The molecule has 0 saturated carbocycles. The van der Waals surface area contributed by atoms with Crippen LogP contribution >= 0.6 is 23.2 Å². The standard InChI is InChI=1S/C18H17Cl2N5O/c1-10(2)22-18-24-15(14-5-3-4-6-21-14)9-16(25-18)23-11-7-12(19)17(26)13(20)8-11/h3-10,26H,1-2H3,(H2,22,23,24,25). The fourth-order valence-corrected chi connectivity index (χ4v) is 2.75. The van der Waals surface area contributed by atoms with Gasteiger partial charge in [0, 0.05) is 24.0 Å². The van der Waals surface area contributed by atoms with E-state index in [9.17, 15) is 5.11 Å². The lowest BCUT2D eigenvalue weighted by Gasteiger charge is -2.13. The van der Waals surface area contributed by atoms with Gasteiger partial charge < -0.3 is 15.7 Å². The molecule has 3 aromatic rings. The number of pyridine rings is 1. The van der Waals surface area contributed by atoms with Gasteiger partial charge in [-0.1, -0.05) is 29.3 Å². The van der Waals surface area contributed by atoms with Crippen molar-refractivity contribution in [3.63, 3.8) is 0 Å². The van der Waals surface area contributed by atoms with Crippen molar-refractivity contribution in [2.75, 3.05) is 10.6 Å². The number of rotatable bonds is 5.